The summed E-state index contributed by atoms with van der Waals surface area (Å²) < 4.78 is 5.53. The highest BCUT2D eigenvalue weighted by Crippen LogP contribution is 2.47. The average molecular weight is 487 g/mol. The number of H-pyrrole nitrogens is 1. The molecule has 2 fully saturated rings. The number of benzene rings is 2. The van der Waals surface area contributed by atoms with Crippen molar-refractivity contribution in [1.29, 1.82) is 0 Å². The van der Waals surface area contributed by atoms with Gasteiger partial charge in [-0.2, -0.15) is 0 Å². The summed E-state index contributed by atoms with van der Waals surface area (Å²) in [7, 11) is 1.73. The SMILES string of the molecule is COC[C@@H]1Nc2ccccc2[C@H]2[C@@H]1CCN2C(=O)[C@H]1CCCC[C@H]1NC(=O)c1ccc2[nH]ccc2c1. The van der Waals surface area contributed by atoms with Crippen molar-refractivity contribution < 1.29 is 14.3 Å². The normalized spacial score (nSPS) is 27.2. The zero-order valence-corrected chi connectivity index (χ0v) is 20.7. The van der Waals surface area contributed by atoms with E-state index in [1.54, 1.807) is 7.11 Å². The van der Waals surface area contributed by atoms with E-state index in [9.17, 15) is 9.59 Å². The zero-order valence-electron chi connectivity index (χ0n) is 20.7. The maximum atomic E-state index is 14.1. The summed E-state index contributed by atoms with van der Waals surface area (Å²) in [6.45, 7) is 1.36. The monoisotopic (exact) mass is 486 g/mol. The number of carbonyl (C=O) groups excluding carboxylic acids is 2. The molecular formula is C29H34N4O3. The van der Waals surface area contributed by atoms with E-state index in [0.29, 0.717) is 18.1 Å². The van der Waals surface area contributed by atoms with Crippen LogP contribution >= 0.6 is 0 Å². The quantitative estimate of drug-likeness (QED) is 0.496. The first-order valence-corrected chi connectivity index (χ1v) is 13.2. The number of ether oxygens (including phenoxy) is 1. The molecule has 2 aromatic carbocycles. The highest BCUT2D eigenvalue weighted by Gasteiger charge is 2.48. The topological polar surface area (TPSA) is 86.5 Å². The van der Waals surface area contributed by atoms with E-state index in [1.165, 1.54) is 5.56 Å². The van der Waals surface area contributed by atoms with E-state index in [2.05, 4.69) is 38.7 Å². The van der Waals surface area contributed by atoms with Crippen LogP contribution in [0.15, 0.2) is 54.7 Å². The molecule has 0 radical (unpaired) electrons. The highest BCUT2D eigenvalue weighted by molar-refractivity contribution is 5.98. The Bertz CT molecular complexity index is 1270. The number of likely N-dealkylation sites (tertiary alicyclic amines) is 1. The van der Waals surface area contributed by atoms with Crippen molar-refractivity contribution in [3.05, 3.63) is 65.9 Å². The van der Waals surface area contributed by atoms with Crippen LogP contribution in [0.4, 0.5) is 5.69 Å². The molecule has 0 unspecified atom stereocenters. The molecule has 1 aliphatic carbocycles. The first-order valence-electron chi connectivity index (χ1n) is 13.2. The number of aromatic nitrogens is 1. The molecule has 7 heteroatoms. The number of para-hydroxylation sites is 1. The predicted octanol–water partition coefficient (Wildman–Crippen LogP) is 4.49. The van der Waals surface area contributed by atoms with Gasteiger partial charge in [0.25, 0.3) is 5.91 Å². The van der Waals surface area contributed by atoms with Gasteiger partial charge in [0.1, 0.15) is 0 Å². The maximum Gasteiger partial charge on any atom is 0.251 e. The number of amides is 2. The van der Waals surface area contributed by atoms with Crippen molar-refractivity contribution in [2.45, 2.75) is 50.2 Å². The molecule has 1 aromatic heterocycles. The highest BCUT2D eigenvalue weighted by atomic mass is 16.5. The lowest BCUT2D eigenvalue weighted by Gasteiger charge is -2.41. The van der Waals surface area contributed by atoms with Gasteiger partial charge in [-0.3, -0.25) is 9.59 Å². The van der Waals surface area contributed by atoms with E-state index in [4.69, 9.17) is 4.74 Å². The number of anilines is 1. The summed E-state index contributed by atoms with van der Waals surface area (Å²) >= 11 is 0. The third-order valence-electron chi connectivity index (χ3n) is 8.43. The minimum Gasteiger partial charge on any atom is -0.383 e. The Kier molecular flexibility index (Phi) is 6.17. The lowest BCUT2D eigenvalue weighted by atomic mass is 9.81. The molecule has 3 aliphatic rings. The van der Waals surface area contributed by atoms with E-state index in [1.807, 2.05) is 36.5 Å². The summed E-state index contributed by atoms with van der Waals surface area (Å²) in [5.74, 6) is 0.199. The van der Waals surface area contributed by atoms with Crippen molar-refractivity contribution in [3.63, 3.8) is 0 Å². The minimum absolute atomic E-state index is 0.0457. The molecular weight excluding hydrogens is 452 g/mol. The van der Waals surface area contributed by atoms with Crippen molar-refractivity contribution in [2.24, 2.45) is 11.8 Å². The molecule has 2 amide bonds. The second-order valence-corrected chi connectivity index (χ2v) is 10.5. The van der Waals surface area contributed by atoms with Crippen LogP contribution in [-0.4, -0.2) is 54.0 Å². The van der Waals surface area contributed by atoms with Crippen LogP contribution in [0.3, 0.4) is 0 Å². The first-order chi connectivity index (χ1) is 17.6. The fourth-order valence-corrected chi connectivity index (χ4v) is 6.68. The lowest BCUT2D eigenvalue weighted by molar-refractivity contribution is -0.139. The number of rotatable bonds is 5. The van der Waals surface area contributed by atoms with Gasteiger partial charge >= 0.3 is 0 Å². The first kappa shape index (κ1) is 23.1. The Morgan fingerprint density at radius 3 is 2.83 bits per heavy atom. The van der Waals surface area contributed by atoms with Gasteiger partial charge in [-0.15, -0.1) is 0 Å². The van der Waals surface area contributed by atoms with E-state index in [0.717, 1.165) is 55.2 Å². The van der Waals surface area contributed by atoms with Gasteiger partial charge in [0.15, 0.2) is 0 Å². The minimum atomic E-state index is -0.194. The predicted molar refractivity (Wildman–Crippen MR) is 140 cm³/mol. The van der Waals surface area contributed by atoms with Crippen LogP contribution in [-0.2, 0) is 9.53 Å². The molecule has 2 aliphatic heterocycles. The van der Waals surface area contributed by atoms with Crippen LogP contribution < -0.4 is 10.6 Å². The Hall–Kier alpha value is -3.32. The molecule has 36 heavy (non-hydrogen) atoms. The molecule has 0 bridgehead atoms. The smallest absolute Gasteiger partial charge is 0.251 e. The maximum absolute atomic E-state index is 14.1. The summed E-state index contributed by atoms with van der Waals surface area (Å²) in [6, 6.07) is 16.1. The molecule has 5 atom stereocenters. The Morgan fingerprint density at radius 2 is 1.94 bits per heavy atom. The number of hydrogen-bond donors (Lipinski definition) is 3. The molecule has 188 valence electrons. The number of methoxy groups -OCH3 is 1. The number of aromatic amines is 1. The van der Waals surface area contributed by atoms with Gasteiger partial charge in [0, 0.05) is 54.0 Å². The van der Waals surface area contributed by atoms with Gasteiger partial charge in [0.05, 0.1) is 24.6 Å². The molecule has 0 spiro atoms. The Balaban J connectivity index is 1.23. The van der Waals surface area contributed by atoms with Gasteiger partial charge in [-0.1, -0.05) is 31.0 Å². The van der Waals surface area contributed by atoms with Crippen LogP contribution in [0.2, 0.25) is 0 Å². The molecule has 1 saturated carbocycles. The van der Waals surface area contributed by atoms with Crippen molar-refractivity contribution >= 4 is 28.4 Å². The number of hydrogen-bond acceptors (Lipinski definition) is 4. The Labute approximate surface area is 211 Å². The summed E-state index contributed by atoms with van der Waals surface area (Å²) in [5, 5.41) is 7.90. The molecule has 3 aromatic rings. The third-order valence-corrected chi connectivity index (χ3v) is 8.43. The van der Waals surface area contributed by atoms with Gasteiger partial charge in [0.2, 0.25) is 5.91 Å². The fourth-order valence-electron chi connectivity index (χ4n) is 6.68. The fraction of sp³-hybridized carbons (Fsp3) is 0.448. The van der Waals surface area contributed by atoms with Gasteiger partial charge in [-0.05, 0) is 55.2 Å². The third kappa shape index (κ3) is 4.05. The molecule has 3 N–H and O–H groups in total. The lowest BCUT2D eigenvalue weighted by Crippen LogP contribution is -2.50. The van der Waals surface area contributed by atoms with E-state index >= 15 is 0 Å². The second kappa shape index (κ2) is 9.62. The van der Waals surface area contributed by atoms with Gasteiger partial charge < -0.3 is 25.3 Å². The van der Waals surface area contributed by atoms with E-state index in [-0.39, 0.29) is 35.9 Å². The standard InChI is InChI=1S/C29H34N4O3/c1-36-17-26-21-13-15-33(27(21)20-6-2-4-8-24(20)31-26)29(35)22-7-3-5-9-25(22)32-28(34)19-10-11-23-18(16-19)12-14-30-23/h2,4,6,8,10-12,14,16,21-22,25-27,30-31H,3,5,7,9,13,15,17H2,1H3,(H,32,34)/t21-,22+,25-,26+,27+/m1/s1. The number of nitrogens with one attached hydrogen (secondary N) is 3. The molecule has 1 saturated heterocycles. The number of nitrogens with zero attached hydrogens (tertiary/aromatic N) is 1. The van der Waals surface area contributed by atoms with Crippen LogP contribution in [0.25, 0.3) is 10.9 Å². The summed E-state index contributed by atoms with van der Waals surface area (Å²) in [4.78, 5) is 32.6. The van der Waals surface area contributed by atoms with Crippen LogP contribution in [0.5, 0.6) is 0 Å². The molecule has 6 rings (SSSR count). The summed E-state index contributed by atoms with van der Waals surface area (Å²) in [5.41, 5.74) is 3.93. The van der Waals surface area contributed by atoms with Crippen LogP contribution in [0.1, 0.15) is 54.1 Å². The van der Waals surface area contributed by atoms with E-state index < -0.39 is 0 Å². The number of fused-ring (bicyclic) bond motifs is 4. The van der Waals surface area contributed by atoms with Gasteiger partial charge in [-0.25, -0.2) is 0 Å². The second-order valence-electron chi connectivity index (χ2n) is 10.5. The zero-order chi connectivity index (χ0) is 24.6. The average Bonchev–Trinajstić information content (AvgIpc) is 3.56. The van der Waals surface area contributed by atoms with Crippen molar-refractivity contribution in [3.8, 4) is 0 Å². The molecule has 7 nitrogen and oxygen atoms in total. The Morgan fingerprint density at radius 1 is 1.08 bits per heavy atom. The number of carbonyl (C=O) groups is 2. The largest absolute Gasteiger partial charge is 0.383 e. The summed E-state index contributed by atoms with van der Waals surface area (Å²) in [6.07, 6.45) is 6.52. The van der Waals surface area contributed by atoms with Crippen molar-refractivity contribution in [2.75, 3.05) is 25.6 Å². The van der Waals surface area contributed by atoms with Crippen molar-refractivity contribution in [1.82, 2.24) is 15.2 Å². The molecule has 3 heterocycles. The van der Waals surface area contributed by atoms with Crippen LogP contribution in [0, 0.1) is 11.8 Å².